The van der Waals surface area contributed by atoms with Gasteiger partial charge in [0, 0.05) is 12.5 Å². The number of furan rings is 1. The highest BCUT2D eigenvalue weighted by Gasteiger charge is 2.33. The number of carbonyl (C=O) groups excluding carboxylic acids is 1. The van der Waals surface area contributed by atoms with Crippen LogP contribution in [0, 0.1) is 0 Å². The van der Waals surface area contributed by atoms with Gasteiger partial charge in [0.1, 0.15) is 16.8 Å². The summed E-state index contributed by atoms with van der Waals surface area (Å²) < 4.78 is 5.24. The second-order valence-corrected chi connectivity index (χ2v) is 6.71. The van der Waals surface area contributed by atoms with Crippen LogP contribution in [0.25, 0.3) is 0 Å². The average Bonchev–Trinajstić information content (AvgIpc) is 3.23. The molecule has 1 atom stereocenters. The Kier molecular flexibility index (Phi) is 4.42. The molecule has 2 aromatic heterocycles. The third-order valence-electron chi connectivity index (χ3n) is 3.74. The van der Waals surface area contributed by atoms with E-state index in [4.69, 9.17) is 4.42 Å². The molecule has 1 aliphatic heterocycles. The summed E-state index contributed by atoms with van der Waals surface area (Å²) in [6.45, 7) is 5.47. The summed E-state index contributed by atoms with van der Waals surface area (Å²) in [5.41, 5.74) is 0. The number of aromatic nitrogens is 2. The third kappa shape index (κ3) is 3.14. The Morgan fingerprint density at radius 1 is 1.55 bits per heavy atom. The molecule has 0 aromatic carbocycles. The molecule has 0 spiro atoms. The van der Waals surface area contributed by atoms with E-state index in [1.807, 2.05) is 12.1 Å². The summed E-state index contributed by atoms with van der Waals surface area (Å²) in [6.07, 6.45) is 3.45. The molecular weight excluding hydrogens is 300 g/mol. The van der Waals surface area contributed by atoms with Crippen LogP contribution < -0.4 is 10.2 Å². The van der Waals surface area contributed by atoms with Crippen molar-refractivity contribution in [2.75, 3.05) is 11.4 Å². The van der Waals surface area contributed by atoms with Gasteiger partial charge in [-0.2, -0.15) is 0 Å². The zero-order valence-corrected chi connectivity index (χ0v) is 13.6. The summed E-state index contributed by atoms with van der Waals surface area (Å²) in [7, 11) is 0. The predicted molar refractivity (Wildman–Crippen MR) is 84.9 cm³/mol. The maximum absolute atomic E-state index is 12.4. The van der Waals surface area contributed by atoms with E-state index in [1.54, 1.807) is 17.6 Å². The smallest absolute Gasteiger partial charge is 0.243 e. The topological polar surface area (TPSA) is 71.3 Å². The van der Waals surface area contributed by atoms with Crippen molar-refractivity contribution in [2.45, 2.75) is 45.2 Å². The molecule has 1 fully saturated rings. The Bertz CT molecular complexity index is 623. The first-order valence-electron chi connectivity index (χ1n) is 7.55. The molecule has 0 saturated carbocycles. The maximum atomic E-state index is 12.4. The second-order valence-electron chi connectivity index (χ2n) is 5.73. The number of carbonyl (C=O) groups is 1. The van der Waals surface area contributed by atoms with Crippen molar-refractivity contribution < 1.29 is 9.21 Å². The van der Waals surface area contributed by atoms with Crippen LogP contribution in [0.15, 0.2) is 22.8 Å². The number of amides is 1. The molecule has 6 nitrogen and oxygen atoms in total. The minimum atomic E-state index is -0.164. The molecular formula is C15H20N4O2S. The first kappa shape index (κ1) is 15.0. The van der Waals surface area contributed by atoms with Crippen LogP contribution in [0.2, 0.25) is 0 Å². The van der Waals surface area contributed by atoms with E-state index >= 15 is 0 Å². The minimum Gasteiger partial charge on any atom is -0.467 e. The fourth-order valence-electron chi connectivity index (χ4n) is 2.55. The minimum absolute atomic E-state index is 0.0233. The molecule has 22 heavy (non-hydrogen) atoms. The van der Waals surface area contributed by atoms with Crippen molar-refractivity contribution in [2.24, 2.45) is 0 Å². The Hall–Kier alpha value is -1.89. The normalized spacial score (nSPS) is 18.1. The van der Waals surface area contributed by atoms with E-state index in [2.05, 4.69) is 34.3 Å². The van der Waals surface area contributed by atoms with E-state index < -0.39 is 0 Å². The summed E-state index contributed by atoms with van der Waals surface area (Å²) >= 11 is 1.58. The van der Waals surface area contributed by atoms with Gasteiger partial charge < -0.3 is 14.6 Å². The number of nitrogens with zero attached hydrogens (tertiary/aromatic N) is 3. The van der Waals surface area contributed by atoms with Crippen molar-refractivity contribution in [3.05, 3.63) is 29.2 Å². The van der Waals surface area contributed by atoms with Gasteiger partial charge in [-0.05, 0) is 25.0 Å². The Balaban J connectivity index is 1.65. The molecule has 1 saturated heterocycles. The van der Waals surface area contributed by atoms with E-state index in [0.29, 0.717) is 12.5 Å². The first-order valence-corrected chi connectivity index (χ1v) is 8.37. The molecule has 0 bridgehead atoms. The second kappa shape index (κ2) is 6.48. The van der Waals surface area contributed by atoms with Gasteiger partial charge in [-0.15, -0.1) is 10.2 Å². The quantitative estimate of drug-likeness (QED) is 0.916. The average molecular weight is 320 g/mol. The standard InChI is InChI=1S/C15H20N4O2S/c1-10(2)14-17-18-15(22-14)19-7-3-6-12(19)13(20)16-9-11-5-4-8-21-11/h4-5,8,10,12H,3,6-7,9H2,1-2H3,(H,16,20)/t12-/m0/s1. The lowest BCUT2D eigenvalue weighted by molar-refractivity contribution is -0.122. The van der Waals surface area contributed by atoms with Crippen LogP contribution in [0.5, 0.6) is 0 Å². The number of anilines is 1. The summed E-state index contributed by atoms with van der Waals surface area (Å²) in [5.74, 6) is 1.14. The number of rotatable bonds is 5. The van der Waals surface area contributed by atoms with Crippen LogP contribution >= 0.6 is 11.3 Å². The van der Waals surface area contributed by atoms with Crippen molar-refractivity contribution in [3.8, 4) is 0 Å². The van der Waals surface area contributed by atoms with E-state index in [9.17, 15) is 4.79 Å². The van der Waals surface area contributed by atoms with Gasteiger partial charge in [0.25, 0.3) is 0 Å². The monoisotopic (exact) mass is 320 g/mol. The van der Waals surface area contributed by atoms with Crippen LogP contribution in [0.3, 0.4) is 0 Å². The molecule has 1 N–H and O–H groups in total. The summed E-state index contributed by atoms with van der Waals surface area (Å²) in [5, 5.41) is 13.3. The van der Waals surface area contributed by atoms with Crippen LogP contribution in [0.4, 0.5) is 5.13 Å². The summed E-state index contributed by atoms with van der Waals surface area (Å²) in [4.78, 5) is 14.5. The van der Waals surface area contributed by atoms with E-state index in [-0.39, 0.29) is 11.9 Å². The van der Waals surface area contributed by atoms with Gasteiger partial charge in [0.2, 0.25) is 11.0 Å². The lowest BCUT2D eigenvalue weighted by atomic mass is 10.2. The molecule has 2 aromatic rings. The molecule has 0 unspecified atom stereocenters. The van der Waals surface area contributed by atoms with E-state index in [1.165, 1.54) is 0 Å². The van der Waals surface area contributed by atoms with Gasteiger partial charge in [0.05, 0.1) is 12.8 Å². The number of hydrogen-bond donors (Lipinski definition) is 1. The zero-order chi connectivity index (χ0) is 15.5. The summed E-state index contributed by atoms with van der Waals surface area (Å²) in [6, 6.07) is 3.51. The maximum Gasteiger partial charge on any atom is 0.243 e. The van der Waals surface area contributed by atoms with Gasteiger partial charge >= 0.3 is 0 Å². The highest BCUT2D eigenvalue weighted by Crippen LogP contribution is 2.31. The molecule has 7 heteroatoms. The molecule has 3 rings (SSSR count). The SMILES string of the molecule is CC(C)c1nnc(N2CCC[C@H]2C(=O)NCc2ccco2)s1. The molecule has 1 aliphatic rings. The van der Waals surface area contributed by atoms with Crippen LogP contribution in [-0.4, -0.2) is 28.7 Å². The van der Waals surface area contributed by atoms with Crippen molar-refractivity contribution in [1.29, 1.82) is 0 Å². The third-order valence-corrected chi connectivity index (χ3v) is 5.00. The highest BCUT2D eigenvalue weighted by atomic mass is 32.1. The zero-order valence-electron chi connectivity index (χ0n) is 12.8. The Morgan fingerprint density at radius 2 is 2.41 bits per heavy atom. The first-order chi connectivity index (χ1) is 10.6. The number of hydrogen-bond acceptors (Lipinski definition) is 6. The van der Waals surface area contributed by atoms with Gasteiger partial charge in [-0.25, -0.2) is 0 Å². The largest absolute Gasteiger partial charge is 0.467 e. The van der Waals surface area contributed by atoms with Crippen molar-refractivity contribution in [1.82, 2.24) is 15.5 Å². The van der Waals surface area contributed by atoms with Gasteiger partial charge in [0.15, 0.2) is 0 Å². The molecule has 118 valence electrons. The lowest BCUT2D eigenvalue weighted by Crippen LogP contribution is -2.43. The lowest BCUT2D eigenvalue weighted by Gasteiger charge is -2.22. The van der Waals surface area contributed by atoms with Gasteiger partial charge in [-0.1, -0.05) is 25.2 Å². The van der Waals surface area contributed by atoms with Crippen molar-refractivity contribution >= 4 is 22.4 Å². The fourth-order valence-corrected chi connectivity index (χ4v) is 3.47. The fraction of sp³-hybridized carbons (Fsp3) is 0.533. The molecule has 3 heterocycles. The highest BCUT2D eigenvalue weighted by molar-refractivity contribution is 7.15. The van der Waals surface area contributed by atoms with Crippen LogP contribution in [-0.2, 0) is 11.3 Å². The van der Waals surface area contributed by atoms with Crippen molar-refractivity contribution in [3.63, 3.8) is 0 Å². The van der Waals surface area contributed by atoms with Gasteiger partial charge in [-0.3, -0.25) is 4.79 Å². The van der Waals surface area contributed by atoms with Crippen LogP contribution in [0.1, 0.15) is 43.4 Å². The Morgan fingerprint density at radius 3 is 3.09 bits per heavy atom. The van der Waals surface area contributed by atoms with E-state index in [0.717, 1.165) is 35.3 Å². The molecule has 0 aliphatic carbocycles. The molecule has 1 amide bonds. The number of nitrogens with one attached hydrogen (secondary N) is 1. The molecule has 0 radical (unpaired) electrons. The predicted octanol–water partition coefficient (Wildman–Crippen LogP) is 2.54. The Labute approximate surface area is 133 Å².